The summed E-state index contributed by atoms with van der Waals surface area (Å²) >= 11 is 0. The highest BCUT2D eigenvalue weighted by Gasteiger charge is 1.88. The number of aromatic nitrogens is 2. The molecule has 0 bridgehead atoms. The molecule has 66 valence electrons. The molecule has 0 aliphatic rings. The lowest BCUT2D eigenvalue weighted by Crippen LogP contribution is -2.21. The average Bonchev–Trinajstić information content (AvgIpc) is 2.03. The molecule has 0 radical (unpaired) electrons. The SMILES string of the molecule is CCCN=c1ncc(C)cn1C. The van der Waals surface area contributed by atoms with E-state index in [1.54, 1.807) is 0 Å². The maximum atomic E-state index is 4.32. The summed E-state index contributed by atoms with van der Waals surface area (Å²) in [6.07, 6.45) is 4.94. The van der Waals surface area contributed by atoms with E-state index in [9.17, 15) is 0 Å². The van der Waals surface area contributed by atoms with Crippen LogP contribution < -0.4 is 5.62 Å². The third-order valence-electron chi connectivity index (χ3n) is 1.57. The summed E-state index contributed by atoms with van der Waals surface area (Å²) in [6.45, 7) is 4.98. The molecule has 0 saturated carbocycles. The van der Waals surface area contributed by atoms with E-state index in [0.29, 0.717) is 0 Å². The van der Waals surface area contributed by atoms with Crippen LogP contribution in [0.2, 0.25) is 0 Å². The number of aryl methyl sites for hydroxylation is 2. The van der Waals surface area contributed by atoms with Gasteiger partial charge in [0, 0.05) is 26.0 Å². The molecular weight excluding hydrogens is 150 g/mol. The van der Waals surface area contributed by atoms with Gasteiger partial charge in [0.25, 0.3) is 0 Å². The van der Waals surface area contributed by atoms with Gasteiger partial charge in [-0.05, 0) is 18.9 Å². The van der Waals surface area contributed by atoms with Gasteiger partial charge in [-0.3, -0.25) is 4.99 Å². The third kappa shape index (κ3) is 2.19. The first-order valence-electron chi connectivity index (χ1n) is 4.24. The minimum absolute atomic E-state index is 0.808. The van der Waals surface area contributed by atoms with Crippen LogP contribution in [0.5, 0.6) is 0 Å². The van der Waals surface area contributed by atoms with Crippen molar-refractivity contribution in [3.05, 3.63) is 23.6 Å². The van der Waals surface area contributed by atoms with Crippen molar-refractivity contribution < 1.29 is 0 Å². The molecule has 1 aromatic heterocycles. The van der Waals surface area contributed by atoms with Crippen LogP contribution in [0.25, 0.3) is 0 Å². The third-order valence-corrected chi connectivity index (χ3v) is 1.57. The Kier molecular flexibility index (Phi) is 3.02. The topological polar surface area (TPSA) is 30.2 Å². The zero-order valence-electron chi connectivity index (χ0n) is 7.91. The number of nitrogens with zero attached hydrogens (tertiary/aromatic N) is 3. The first kappa shape index (κ1) is 8.97. The van der Waals surface area contributed by atoms with Crippen LogP contribution >= 0.6 is 0 Å². The molecule has 0 aliphatic heterocycles. The van der Waals surface area contributed by atoms with Crippen LogP contribution in [0, 0.1) is 6.92 Å². The molecule has 0 atom stereocenters. The van der Waals surface area contributed by atoms with E-state index in [1.807, 2.05) is 30.9 Å². The molecular formula is C9H15N3. The van der Waals surface area contributed by atoms with Gasteiger partial charge < -0.3 is 4.57 Å². The van der Waals surface area contributed by atoms with Crippen LogP contribution in [0.1, 0.15) is 18.9 Å². The normalized spacial score (nSPS) is 12.1. The van der Waals surface area contributed by atoms with E-state index >= 15 is 0 Å². The standard InChI is InChI=1S/C9H15N3/c1-4-5-10-9-11-6-8(2)7-12(9)3/h6-7H,4-5H2,1-3H3. The Labute approximate surface area is 72.8 Å². The molecule has 0 unspecified atom stereocenters. The summed E-state index contributed by atoms with van der Waals surface area (Å²) < 4.78 is 1.95. The van der Waals surface area contributed by atoms with Gasteiger partial charge in [-0.25, -0.2) is 4.98 Å². The van der Waals surface area contributed by atoms with Crippen LogP contribution in [0.4, 0.5) is 0 Å². The Morgan fingerprint density at radius 3 is 2.92 bits per heavy atom. The summed E-state index contributed by atoms with van der Waals surface area (Å²) in [5.74, 6) is 0. The lowest BCUT2D eigenvalue weighted by atomic mass is 10.4. The predicted octanol–water partition coefficient (Wildman–Crippen LogP) is 1.04. The highest BCUT2D eigenvalue weighted by molar-refractivity contribution is 4.98. The monoisotopic (exact) mass is 165 g/mol. The van der Waals surface area contributed by atoms with Gasteiger partial charge in [0.05, 0.1) is 0 Å². The van der Waals surface area contributed by atoms with Gasteiger partial charge in [-0.15, -0.1) is 0 Å². The van der Waals surface area contributed by atoms with Crippen LogP contribution in [0.3, 0.4) is 0 Å². The summed E-state index contributed by atoms with van der Waals surface area (Å²) in [5, 5.41) is 0. The van der Waals surface area contributed by atoms with Gasteiger partial charge in [-0.2, -0.15) is 0 Å². The zero-order chi connectivity index (χ0) is 8.97. The van der Waals surface area contributed by atoms with Crippen LogP contribution in [0.15, 0.2) is 17.4 Å². The number of hydrogen-bond acceptors (Lipinski definition) is 2. The first-order chi connectivity index (χ1) is 5.74. The zero-order valence-corrected chi connectivity index (χ0v) is 7.91. The van der Waals surface area contributed by atoms with Crippen molar-refractivity contribution in [1.82, 2.24) is 9.55 Å². The molecule has 1 rings (SSSR count). The van der Waals surface area contributed by atoms with Crippen molar-refractivity contribution in [3.63, 3.8) is 0 Å². The molecule has 0 amide bonds. The fourth-order valence-electron chi connectivity index (χ4n) is 1.01. The second kappa shape index (κ2) is 4.04. The van der Waals surface area contributed by atoms with Crippen molar-refractivity contribution in [2.24, 2.45) is 12.0 Å². The van der Waals surface area contributed by atoms with Crippen molar-refractivity contribution in [1.29, 1.82) is 0 Å². The molecule has 0 fully saturated rings. The smallest absolute Gasteiger partial charge is 0.224 e. The van der Waals surface area contributed by atoms with E-state index in [4.69, 9.17) is 0 Å². The second-order valence-corrected chi connectivity index (χ2v) is 2.92. The molecule has 1 heterocycles. The lowest BCUT2D eigenvalue weighted by Gasteiger charge is -1.99. The Morgan fingerprint density at radius 2 is 2.33 bits per heavy atom. The number of rotatable bonds is 2. The first-order valence-corrected chi connectivity index (χ1v) is 4.24. The second-order valence-electron chi connectivity index (χ2n) is 2.92. The van der Waals surface area contributed by atoms with E-state index in [1.165, 1.54) is 0 Å². The summed E-state index contributed by atoms with van der Waals surface area (Å²) in [6, 6.07) is 0. The van der Waals surface area contributed by atoms with Gasteiger partial charge in [0.2, 0.25) is 5.62 Å². The van der Waals surface area contributed by atoms with Crippen molar-refractivity contribution in [3.8, 4) is 0 Å². The molecule has 0 aromatic carbocycles. The average molecular weight is 165 g/mol. The van der Waals surface area contributed by atoms with Crippen LogP contribution in [-0.2, 0) is 7.05 Å². The van der Waals surface area contributed by atoms with Gasteiger partial charge in [0.15, 0.2) is 0 Å². The van der Waals surface area contributed by atoms with Crippen molar-refractivity contribution in [2.45, 2.75) is 20.3 Å². The van der Waals surface area contributed by atoms with Crippen molar-refractivity contribution >= 4 is 0 Å². The van der Waals surface area contributed by atoms with Gasteiger partial charge >= 0.3 is 0 Å². The Morgan fingerprint density at radius 1 is 1.58 bits per heavy atom. The molecule has 0 saturated heterocycles. The minimum Gasteiger partial charge on any atom is -0.320 e. The maximum absolute atomic E-state index is 4.32. The largest absolute Gasteiger partial charge is 0.320 e. The number of hydrogen-bond donors (Lipinski definition) is 0. The Hall–Kier alpha value is -1.12. The molecule has 0 spiro atoms. The quantitative estimate of drug-likeness (QED) is 0.644. The molecule has 0 aliphatic carbocycles. The molecule has 3 heteroatoms. The predicted molar refractivity (Wildman–Crippen MR) is 48.7 cm³/mol. The fraction of sp³-hybridized carbons (Fsp3) is 0.556. The van der Waals surface area contributed by atoms with Crippen LogP contribution in [-0.4, -0.2) is 16.1 Å². The molecule has 0 N–H and O–H groups in total. The van der Waals surface area contributed by atoms with E-state index in [-0.39, 0.29) is 0 Å². The van der Waals surface area contributed by atoms with E-state index in [2.05, 4.69) is 16.9 Å². The minimum atomic E-state index is 0.808. The Bertz CT molecular complexity index is 312. The van der Waals surface area contributed by atoms with Gasteiger partial charge in [0.1, 0.15) is 0 Å². The summed E-state index contributed by atoms with van der Waals surface area (Å²) in [5.41, 5.74) is 1.97. The highest BCUT2D eigenvalue weighted by atomic mass is 15.1. The fourth-order valence-corrected chi connectivity index (χ4v) is 1.01. The van der Waals surface area contributed by atoms with Gasteiger partial charge in [-0.1, -0.05) is 6.92 Å². The highest BCUT2D eigenvalue weighted by Crippen LogP contribution is 1.86. The Balaban J connectivity index is 3.01. The molecule has 1 aromatic rings. The van der Waals surface area contributed by atoms with Crippen molar-refractivity contribution in [2.75, 3.05) is 6.54 Å². The van der Waals surface area contributed by atoms with E-state index in [0.717, 1.165) is 24.1 Å². The summed E-state index contributed by atoms with van der Waals surface area (Å²) in [4.78, 5) is 8.53. The summed E-state index contributed by atoms with van der Waals surface area (Å²) in [7, 11) is 1.97. The van der Waals surface area contributed by atoms with E-state index < -0.39 is 0 Å². The molecule has 3 nitrogen and oxygen atoms in total. The molecule has 12 heavy (non-hydrogen) atoms. The lowest BCUT2D eigenvalue weighted by molar-refractivity contribution is 0.737. The maximum Gasteiger partial charge on any atom is 0.224 e.